The summed E-state index contributed by atoms with van der Waals surface area (Å²) in [5.41, 5.74) is 5.02. The van der Waals surface area contributed by atoms with Crippen LogP contribution in [0.3, 0.4) is 0 Å². The molecule has 0 N–H and O–H groups in total. The third kappa shape index (κ3) is 2.29. The van der Waals surface area contributed by atoms with Crippen LogP contribution < -0.4 is 4.74 Å². The molecule has 0 amide bonds. The van der Waals surface area contributed by atoms with E-state index in [0.29, 0.717) is 0 Å². The Balaban J connectivity index is 1.74. The lowest BCUT2D eigenvalue weighted by Crippen LogP contribution is -2.31. The van der Waals surface area contributed by atoms with Gasteiger partial charge in [0.1, 0.15) is 11.6 Å². The van der Waals surface area contributed by atoms with Crippen molar-refractivity contribution in [2.24, 2.45) is 0 Å². The van der Waals surface area contributed by atoms with Gasteiger partial charge in [-0.1, -0.05) is 66.7 Å². The van der Waals surface area contributed by atoms with Gasteiger partial charge in [-0.2, -0.15) is 0 Å². The molecule has 1 aliphatic heterocycles. The van der Waals surface area contributed by atoms with Crippen molar-refractivity contribution in [3.63, 3.8) is 0 Å². The van der Waals surface area contributed by atoms with Crippen molar-refractivity contribution < 1.29 is 9.13 Å². The van der Waals surface area contributed by atoms with E-state index in [-0.39, 0.29) is 5.82 Å². The van der Waals surface area contributed by atoms with Crippen LogP contribution in [0.1, 0.15) is 27.8 Å². The summed E-state index contributed by atoms with van der Waals surface area (Å²) in [5, 5.41) is 0. The fraction of sp³-hybridized carbons (Fsp3) is 0.167. The van der Waals surface area contributed by atoms with Crippen LogP contribution in [0.15, 0.2) is 72.8 Å². The average molecular weight is 342 g/mol. The van der Waals surface area contributed by atoms with Crippen molar-refractivity contribution >= 4 is 6.08 Å². The maximum atomic E-state index is 14.9. The first kappa shape index (κ1) is 15.4. The van der Waals surface area contributed by atoms with E-state index < -0.39 is 5.41 Å². The molecule has 0 radical (unpaired) electrons. The van der Waals surface area contributed by atoms with E-state index in [9.17, 15) is 4.39 Å². The van der Waals surface area contributed by atoms with Crippen LogP contribution in [0.5, 0.6) is 5.75 Å². The predicted octanol–water partition coefficient (Wildman–Crippen LogP) is 5.32. The normalized spacial score (nSPS) is 20.3. The summed E-state index contributed by atoms with van der Waals surface area (Å²) in [7, 11) is 0. The van der Waals surface area contributed by atoms with Gasteiger partial charge in [0.25, 0.3) is 0 Å². The third-order valence-corrected chi connectivity index (χ3v) is 5.63. The molecule has 0 aromatic heterocycles. The van der Waals surface area contributed by atoms with Crippen LogP contribution in [0.2, 0.25) is 0 Å². The van der Waals surface area contributed by atoms with Crippen LogP contribution in [-0.2, 0) is 18.3 Å². The van der Waals surface area contributed by atoms with Gasteiger partial charge < -0.3 is 4.74 Å². The van der Waals surface area contributed by atoms with Crippen LogP contribution >= 0.6 is 0 Å². The van der Waals surface area contributed by atoms with E-state index in [2.05, 4.69) is 42.5 Å². The van der Waals surface area contributed by atoms with Gasteiger partial charge in [-0.15, -0.1) is 0 Å². The second-order valence-corrected chi connectivity index (χ2v) is 7.08. The molecule has 26 heavy (non-hydrogen) atoms. The second-order valence-electron chi connectivity index (χ2n) is 7.08. The molecule has 2 heteroatoms. The maximum Gasteiger partial charge on any atom is 0.127 e. The Bertz CT molecular complexity index is 1020. The maximum absolute atomic E-state index is 14.9. The summed E-state index contributed by atoms with van der Waals surface area (Å²) in [6.45, 7) is 0.726. The van der Waals surface area contributed by atoms with E-state index >= 15 is 0 Å². The van der Waals surface area contributed by atoms with Gasteiger partial charge in [0.15, 0.2) is 0 Å². The van der Waals surface area contributed by atoms with Gasteiger partial charge in [0, 0.05) is 17.4 Å². The fourth-order valence-corrected chi connectivity index (χ4v) is 4.28. The second kappa shape index (κ2) is 5.84. The minimum absolute atomic E-state index is 0.159. The number of halogens is 1. The lowest BCUT2D eigenvalue weighted by atomic mass is 9.67. The first-order chi connectivity index (χ1) is 12.8. The summed E-state index contributed by atoms with van der Waals surface area (Å²) < 4.78 is 20.6. The molecule has 0 saturated heterocycles. The smallest absolute Gasteiger partial charge is 0.127 e. The molecule has 3 aromatic carbocycles. The van der Waals surface area contributed by atoms with Gasteiger partial charge in [-0.05, 0) is 40.8 Å². The summed E-state index contributed by atoms with van der Waals surface area (Å²) in [5.74, 6) is 0.797. The van der Waals surface area contributed by atoms with Crippen molar-refractivity contribution in [1.29, 1.82) is 0 Å². The summed E-state index contributed by atoms with van der Waals surface area (Å²) in [6.07, 6.45) is 5.97. The van der Waals surface area contributed by atoms with Crippen molar-refractivity contribution in [2.45, 2.75) is 18.3 Å². The number of fused-ring (bicyclic) bond motifs is 2. The number of allylic oxidation sites excluding steroid dienone is 1. The molecule has 0 saturated carbocycles. The van der Waals surface area contributed by atoms with Crippen molar-refractivity contribution in [2.75, 3.05) is 6.61 Å². The zero-order valence-electron chi connectivity index (χ0n) is 14.4. The summed E-state index contributed by atoms with van der Waals surface area (Å²) in [4.78, 5) is 0. The van der Waals surface area contributed by atoms with Crippen molar-refractivity contribution in [1.82, 2.24) is 0 Å². The SMILES string of the molecule is Fc1ccccc1C1(c2ccc3c(c2)CCO3)C=Cc2ccccc2C1. The van der Waals surface area contributed by atoms with Gasteiger partial charge in [-0.3, -0.25) is 0 Å². The molecule has 128 valence electrons. The fourth-order valence-electron chi connectivity index (χ4n) is 4.28. The number of benzene rings is 3. The molecule has 1 unspecified atom stereocenters. The third-order valence-electron chi connectivity index (χ3n) is 5.63. The molecule has 1 atom stereocenters. The molecule has 0 fully saturated rings. The number of ether oxygens (including phenoxy) is 1. The summed E-state index contributed by atoms with van der Waals surface area (Å²) in [6, 6.07) is 21.8. The Morgan fingerprint density at radius 3 is 2.65 bits per heavy atom. The molecule has 3 aromatic rings. The van der Waals surface area contributed by atoms with E-state index in [1.807, 2.05) is 24.3 Å². The van der Waals surface area contributed by atoms with Gasteiger partial charge in [0.2, 0.25) is 0 Å². The highest BCUT2D eigenvalue weighted by Crippen LogP contribution is 2.44. The molecular weight excluding hydrogens is 323 g/mol. The number of hydrogen-bond donors (Lipinski definition) is 0. The molecule has 1 nitrogen and oxygen atoms in total. The zero-order chi connectivity index (χ0) is 17.6. The van der Waals surface area contributed by atoms with Crippen molar-refractivity contribution in [3.8, 4) is 5.75 Å². The molecule has 2 aliphatic rings. The number of hydrogen-bond acceptors (Lipinski definition) is 1. The highest BCUT2D eigenvalue weighted by molar-refractivity contribution is 5.65. The molecule has 0 bridgehead atoms. The molecule has 5 rings (SSSR count). The van der Waals surface area contributed by atoms with E-state index in [0.717, 1.165) is 36.3 Å². The highest BCUT2D eigenvalue weighted by Gasteiger charge is 2.37. The molecule has 0 spiro atoms. The van der Waals surface area contributed by atoms with Gasteiger partial charge in [0.05, 0.1) is 6.61 Å². The Morgan fingerprint density at radius 2 is 1.73 bits per heavy atom. The Labute approximate surface area is 152 Å². The quantitative estimate of drug-likeness (QED) is 0.613. The molecule has 1 heterocycles. The lowest BCUT2D eigenvalue weighted by Gasteiger charge is -2.36. The van der Waals surface area contributed by atoms with Crippen molar-refractivity contribution in [3.05, 3.63) is 106 Å². The minimum Gasteiger partial charge on any atom is -0.493 e. The molecular formula is C24H19FO. The van der Waals surface area contributed by atoms with E-state index in [4.69, 9.17) is 4.74 Å². The Kier molecular flexibility index (Phi) is 3.46. The summed E-state index contributed by atoms with van der Waals surface area (Å²) >= 11 is 0. The van der Waals surface area contributed by atoms with Gasteiger partial charge >= 0.3 is 0 Å². The predicted molar refractivity (Wildman–Crippen MR) is 102 cm³/mol. The molecule has 1 aliphatic carbocycles. The minimum atomic E-state index is -0.503. The monoisotopic (exact) mass is 342 g/mol. The standard InChI is InChI=1S/C24H19FO/c25-22-8-4-3-7-21(22)24(13-11-17-5-1-2-6-19(17)16-24)20-9-10-23-18(15-20)12-14-26-23/h1-11,13,15H,12,14,16H2. The Morgan fingerprint density at radius 1 is 0.885 bits per heavy atom. The van der Waals surface area contributed by atoms with E-state index in [1.165, 1.54) is 16.7 Å². The number of rotatable bonds is 2. The van der Waals surface area contributed by atoms with Crippen LogP contribution in [0.25, 0.3) is 6.08 Å². The van der Waals surface area contributed by atoms with Crippen LogP contribution in [0.4, 0.5) is 4.39 Å². The first-order valence-electron chi connectivity index (χ1n) is 9.05. The largest absolute Gasteiger partial charge is 0.493 e. The van der Waals surface area contributed by atoms with Crippen LogP contribution in [0, 0.1) is 5.82 Å². The average Bonchev–Trinajstić information content (AvgIpc) is 3.16. The Hall–Kier alpha value is -2.87. The lowest BCUT2D eigenvalue weighted by molar-refractivity contribution is 0.356. The van der Waals surface area contributed by atoms with E-state index in [1.54, 1.807) is 12.1 Å². The van der Waals surface area contributed by atoms with Gasteiger partial charge in [-0.25, -0.2) is 4.39 Å². The van der Waals surface area contributed by atoms with Crippen LogP contribution in [-0.4, -0.2) is 6.61 Å². The first-order valence-corrected chi connectivity index (χ1v) is 9.05. The topological polar surface area (TPSA) is 9.23 Å². The zero-order valence-corrected chi connectivity index (χ0v) is 14.4. The highest BCUT2D eigenvalue weighted by atomic mass is 19.1.